The number of nitrogens with zero attached hydrogens (tertiary/aromatic N) is 3. The number of carbonyl (C=O) groups excluding carboxylic acids is 1. The zero-order chi connectivity index (χ0) is 28.7. The molecule has 0 fully saturated rings. The molecule has 17 heteroatoms. The third kappa shape index (κ3) is 5.86. The van der Waals surface area contributed by atoms with Crippen LogP contribution in [0.4, 0.5) is 53.9 Å². The van der Waals surface area contributed by atoms with Gasteiger partial charge in [-0.05, 0) is 36.8 Å². The number of nitrogens with one attached hydrogen (secondary N) is 2. The number of anilines is 4. The van der Waals surface area contributed by atoms with Gasteiger partial charge >= 0.3 is 24.1 Å². The second kappa shape index (κ2) is 9.80. The summed E-state index contributed by atoms with van der Waals surface area (Å²) in [4.78, 5) is 34.9. The number of fused-ring (bicyclic) bond motifs is 1. The smallest absolute Gasteiger partial charge is 0.493 e. The summed E-state index contributed by atoms with van der Waals surface area (Å²) in [5.74, 6) is -6.11. The lowest BCUT2D eigenvalue weighted by atomic mass is 10.2. The molecule has 0 unspecified atom stereocenters. The molecule has 2 N–H and O–H groups in total. The Labute approximate surface area is 211 Å². The van der Waals surface area contributed by atoms with Gasteiger partial charge in [-0.25, -0.2) is 19.0 Å². The normalized spacial score (nSPS) is 11.9. The van der Waals surface area contributed by atoms with E-state index in [0.29, 0.717) is 6.20 Å². The molecular weight excluding hydrogens is 547 g/mol. The molecule has 4 rings (SSSR count). The zero-order valence-electron chi connectivity index (χ0n) is 19.5. The summed E-state index contributed by atoms with van der Waals surface area (Å²) in [6.45, 7) is 1.40. The van der Waals surface area contributed by atoms with Crippen molar-refractivity contribution in [3.05, 3.63) is 64.0 Å². The molecule has 0 spiro atoms. The van der Waals surface area contributed by atoms with Gasteiger partial charge in [0, 0.05) is 17.4 Å². The molecule has 39 heavy (non-hydrogen) atoms. The maximum absolute atomic E-state index is 14.5. The highest BCUT2D eigenvalue weighted by molar-refractivity contribution is 5.83. The average molecular weight is 561 g/mol. The molecule has 10 nitrogen and oxygen atoms in total. The van der Waals surface area contributed by atoms with E-state index < -0.39 is 46.8 Å². The molecule has 0 atom stereocenters. The van der Waals surface area contributed by atoms with Gasteiger partial charge in [0.25, 0.3) is 0 Å². The molecule has 0 aliphatic heterocycles. The molecule has 2 heterocycles. The van der Waals surface area contributed by atoms with Crippen LogP contribution in [0.3, 0.4) is 0 Å². The SMILES string of the molecule is COc1cc(Nc2ncc(F)c(Nc3cc(C)c4oc(=O)n(OC(=O)C(F)(F)F)c4c3)n2)cc(C(F)(F)F)c1. The van der Waals surface area contributed by atoms with Crippen LogP contribution >= 0.6 is 0 Å². The van der Waals surface area contributed by atoms with Crippen LogP contribution in [0.15, 0.2) is 45.7 Å². The zero-order valence-corrected chi connectivity index (χ0v) is 19.5. The Balaban J connectivity index is 1.67. The molecule has 0 bridgehead atoms. The van der Waals surface area contributed by atoms with Crippen LogP contribution in [0.1, 0.15) is 11.1 Å². The number of hydrogen-bond donors (Lipinski definition) is 2. The number of methoxy groups -OCH3 is 1. The van der Waals surface area contributed by atoms with Crippen molar-refractivity contribution < 1.29 is 49.5 Å². The Morgan fingerprint density at radius 2 is 1.72 bits per heavy atom. The Bertz CT molecular complexity index is 1630. The van der Waals surface area contributed by atoms with Gasteiger partial charge in [-0.15, -0.1) is 0 Å². The minimum atomic E-state index is -5.41. The maximum Gasteiger partial charge on any atom is 0.493 e. The van der Waals surface area contributed by atoms with E-state index >= 15 is 0 Å². The van der Waals surface area contributed by atoms with Crippen molar-refractivity contribution in [1.82, 2.24) is 14.7 Å². The fourth-order valence-corrected chi connectivity index (χ4v) is 3.29. The Morgan fingerprint density at radius 1 is 1.03 bits per heavy atom. The minimum absolute atomic E-state index is 0.0202. The largest absolute Gasteiger partial charge is 0.497 e. The van der Waals surface area contributed by atoms with Gasteiger partial charge in [0.1, 0.15) is 11.3 Å². The summed E-state index contributed by atoms with van der Waals surface area (Å²) in [6, 6.07) is 5.06. The van der Waals surface area contributed by atoms with E-state index in [1.54, 1.807) is 0 Å². The van der Waals surface area contributed by atoms with E-state index in [4.69, 9.17) is 9.15 Å². The highest BCUT2D eigenvalue weighted by Gasteiger charge is 2.42. The highest BCUT2D eigenvalue weighted by Crippen LogP contribution is 2.35. The summed E-state index contributed by atoms with van der Waals surface area (Å²) >= 11 is 0. The van der Waals surface area contributed by atoms with E-state index in [2.05, 4.69) is 25.4 Å². The number of hydrogen-bond acceptors (Lipinski definition) is 9. The lowest BCUT2D eigenvalue weighted by Crippen LogP contribution is -2.36. The first-order chi connectivity index (χ1) is 18.2. The molecule has 2 aromatic heterocycles. The number of halogens is 7. The number of aromatic nitrogens is 3. The van der Waals surface area contributed by atoms with Crippen LogP contribution < -0.4 is 26.0 Å². The highest BCUT2D eigenvalue weighted by atomic mass is 19.4. The van der Waals surface area contributed by atoms with Gasteiger partial charge < -0.3 is 24.6 Å². The molecule has 2 aromatic carbocycles. The molecule has 0 radical (unpaired) electrons. The van der Waals surface area contributed by atoms with Gasteiger partial charge in [-0.2, -0.15) is 31.3 Å². The second-order valence-corrected chi connectivity index (χ2v) is 7.77. The molecule has 0 aliphatic carbocycles. The first-order valence-electron chi connectivity index (χ1n) is 10.4. The monoisotopic (exact) mass is 561 g/mol. The van der Waals surface area contributed by atoms with Crippen molar-refractivity contribution in [1.29, 1.82) is 0 Å². The van der Waals surface area contributed by atoms with E-state index in [0.717, 1.165) is 25.3 Å². The molecule has 0 amide bonds. The Hall–Kier alpha value is -4.83. The van der Waals surface area contributed by atoms with Crippen LogP contribution in [-0.4, -0.2) is 34.0 Å². The van der Waals surface area contributed by atoms with Crippen LogP contribution in [0.5, 0.6) is 5.75 Å². The first kappa shape index (κ1) is 27.2. The first-order valence-corrected chi connectivity index (χ1v) is 10.4. The number of aryl methyl sites for hydroxylation is 1. The molecule has 0 saturated heterocycles. The van der Waals surface area contributed by atoms with E-state index in [1.165, 1.54) is 19.1 Å². The van der Waals surface area contributed by atoms with Crippen LogP contribution in [0.2, 0.25) is 0 Å². The number of ether oxygens (including phenoxy) is 1. The number of carbonyl (C=O) groups is 1. The van der Waals surface area contributed by atoms with Gasteiger partial charge in [-0.1, -0.05) is 4.73 Å². The van der Waals surface area contributed by atoms with Gasteiger partial charge in [0.05, 0.1) is 18.9 Å². The summed E-state index contributed by atoms with van der Waals surface area (Å²) in [5.41, 5.74) is -1.65. The van der Waals surface area contributed by atoms with Crippen LogP contribution in [0, 0.1) is 12.7 Å². The van der Waals surface area contributed by atoms with Crippen LogP contribution in [-0.2, 0) is 11.0 Å². The number of oxazole rings is 1. The van der Waals surface area contributed by atoms with E-state index in [9.17, 15) is 40.3 Å². The second-order valence-electron chi connectivity index (χ2n) is 7.77. The minimum Gasteiger partial charge on any atom is -0.497 e. The molecule has 4 aromatic rings. The van der Waals surface area contributed by atoms with Gasteiger partial charge in [0.2, 0.25) is 5.95 Å². The fourth-order valence-electron chi connectivity index (χ4n) is 3.29. The standard InChI is InChI=1S/C22H14F7N5O5/c1-9-3-11(7-15-16(9)38-20(36)34(15)39-18(35)22(27,28)29)31-17-14(23)8-30-19(33-17)32-12-4-10(21(24,25)26)5-13(6-12)37-2/h3-8H,1-2H3,(H2,30,31,32,33). The quantitative estimate of drug-likeness (QED) is 0.318. The van der Waals surface area contributed by atoms with Crippen molar-refractivity contribution in [2.24, 2.45) is 0 Å². The van der Waals surface area contributed by atoms with Crippen LogP contribution in [0.25, 0.3) is 11.1 Å². The lowest BCUT2D eigenvalue weighted by molar-refractivity contribution is -0.200. The van der Waals surface area contributed by atoms with E-state index in [-0.39, 0.29) is 38.9 Å². The summed E-state index contributed by atoms with van der Waals surface area (Å²) in [7, 11) is 1.16. The van der Waals surface area contributed by atoms with Crippen molar-refractivity contribution in [3.63, 3.8) is 0 Å². The van der Waals surface area contributed by atoms with Crippen molar-refractivity contribution in [2.75, 3.05) is 17.7 Å². The predicted molar refractivity (Wildman–Crippen MR) is 119 cm³/mol. The Kier molecular flexibility index (Phi) is 6.84. The predicted octanol–water partition coefficient (Wildman–Crippen LogP) is 4.86. The van der Waals surface area contributed by atoms with Gasteiger partial charge in [0.15, 0.2) is 17.2 Å². The summed E-state index contributed by atoms with van der Waals surface area (Å²) in [5, 5.41) is 5.02. The third-order valence-corrected chi connectivity index (χ3v) is 4.97. The lowest BCUT2D eigenvalue weighted by Gasteiger charge is -2.13. The third-order valence-electron chi connectivity index (χ3n) is 4.97. The number of alkyl halides is 6. The number of rotatable bonds is 6. The topological polar surface area (TPSA) is 121 Å². The molecule has 206 valence electrons. The molecular formula is C22H14F7N5O5. The fraction of sp³-hybridized carbons (Fsp3) is 0.182. The van der Waals surface area contributed by atoms with Gasteiger partial charge in [-0.3, -0.25) is 0 Å². The number of benzene rings is 2. The summed E-state index contributed by atoms with van der Waals surface area (Å²) in [6.07, 6.45) is -9.40. The van der Waals surface area contributed by atoms with E-state index in [1.807, 2.05) is 0 Å². The average Bonchev–Trinajstić information content (AvgIpc) is 3.15. The van der Waals surface area contributed by atoms with Crippen molar-refractivity contribution in [3.8, 4) is 5.75 Å². The molecule has 0 saturated carbocycles. The van der Waals surface area contributed by atoms with Crippen molar-refractivity contribution in [2.45, 2.75) is 19.3 Å². The van der Waals surface area contributed by atoms with Crippen molar-refractivity contribution >= 4 is 40.2 Å². The summed E-state index contributed by atoms with van der Waals surface area (Å²) < 4.78 is 102. The Morgan fingerprint density at radius 3 is 2.36 bits per heavy atom. The maximum atomic E-state index is 14.5. The molecule has 0 aliphatic rings.